The number of ether oxygens (including phenoxy) is 1. The molecule has 1 saturated heterocycles. The monoisotopic (exact) mass is 376 g/mol. The topological polar surface area (TPSA) is 62.7 Å². The van der Waals surface area contributed by atoms with Crippen molar-refractivity contribution in [3.05, 3.63) is 60.7 Å². The molecule has 28 heavy (non-hydrogen) atoms. The van der Waals surface area contributed by atoms with Crippen LogP contribution in [0.4, 0.5) is 0 Å². The number of benzene rings is 2. The van der Waals surface area contributed by atoms with Crippen LogP contribution in [0.1, 0.15) is 6.42 Å². The number of hydrogen-bond acceptors (Lipinski definition) is 5. The van der Waals surface area contributed by atoms with Gasteiger partial charge in [-0.05, 0) is 25.1 Å². The van der Waals surface area contributed by atoms with Crippen molar-refractivity contribution in [1.29, 1.82) is 0 Å². The van der Waals surface area contributed by atoms with Gasteiger partial charge in [-0.1, -0.05) is 42.5 Å². The molecule has 0 unspecified atom stereocenters. The number of ketones is 1. The summed E-state index contributed by atoms with van der Waals surface area (Å²) < 4.78 is 5.99. The maximum atomic E-state index is 12.6. The molecule has 1 aliphatic rings. The second-order valence-electron chi connectivity index (χ2n) is 7.15. The van der Waals surface area contributed by atoms with E-state index < -0.39 is 0 Å². The third kappa shape index (κ3) is 4.06. The first-order valence-electron chi connectivity index (χ1n) is 9.68. The summed E-state index contributed by atoms with van der Waals surface area (Å²) in [6.07, 6.45) is 0.828. The number of β-amino-alcohol motifs (C(OH)–C–C–N with tert-alkyl or cyclic N) is 1. The fourth-order valence-electron chi connectivity index (χ4n) is 3.73. The van der Waals surface area contributed by atoms with Gasteiger partial charge >= 0.3 is 0 Å². The molecule has 3 aromatic rings. The number of carbonyl (C=O) groups excluding carboxylic acids is 1. The molecule has 144 valence electrons. The fraction of sp³-hybridized carbons (Fsp3) is 0.304. The molecule has 2 aromatic carbocycles. The zero-order valence-electron chi connectivity index (χ0n) is 15.8. The van der Waals surface area contributed by atoms with E-state index in [0.29, 0.717) is 18.8 Å². The van der Waals surface area contributed by atoms with Crippen LogP contribution in [-0.2, 0) is 4.79 Å². The predicted molar refractivity (Wildman–Crippen MR) is 109 cm³/mol. The van der Waals surface area contributed by atoms with Gasteiger partial charge in [-0.3, -0.25) is 4.79 Å². The lowest BCUT2D eigenvalue weighted by Crippen LogP contribution is -2.28. The van der Waals surface area contributed by atoms with Gasteiger partial charge in [0.25, 0.3) is 0 Å². The van der Waals surface area contributed by atoms with Gasteiger partial charge in [-0.25, -0.2) is 4.98 Å². The van der Waals surface area contributed by atoms with Crippen LogP contribution in [0.15, 0.2) is 60.7 Å². The normalized spacial score (nSPS) is 17.1. The highest BCUT2D eigenvalue weighted by molar-refractivity contribution is 5.89. The minimum Gasteiger partial charge on any atom is -0.485 e. The van der Waals surface area contributed by atoms with Crippen LogP contribution in [0.3, 0.4) is 0 Å². The molecule has 1 aromatic heterocycles. The first kappa shape index (κ1) is 18.6. The number of likely N-dealkylation sites (tertiary alicyclic amines) is 1. The molecule has 0 aliphatic carbocycles. The summed E-state index contributed by atoms with van der Waals surface area (Å²) >= 11 is 0. The summed E-state index contributed by atoms with van der Waals surface area (Å²) in [5.41, 5.74) is 2.69. The van der Waals surface area contributed by atoms with Gasteiger partial charge in [0.1, 0.15) is 12.4 Å². The van der Waals surface area contributed by atoms with Gasteiger partial charge in [0.2, 0.25) is 0 Å². The van der Waals surface area contributed by atoms with E-state index >= 15 is 0 Å². The van der Waals surface area contributed by atoms with Crippen LogP contribution >= 0.6 is 0 Å². The first-order valence-corrected chi connectivity index (χ1v) is 9.68. The van der Waals surface area contributed by atoms with Gasteiger partial charge in [-0.15, -0.1) is 0 Å². The summed E-state index contributed by atoms with van der Waals surface area (Å²) in [4.78, 5) is 19.5. The lowest BCUT2D eigenvalue weighted by atomic mass is 10.0. The Hall–Kier alpha value is -2.76. The van der Waals surface area contributed by atoms with Crippen LogP contribution in [0.5, 0.6) is 5.75 Å². The van der Waals surface area contributed by atoms with Crippen LogP contribution in [0.25, 0.3) is 22.2 Å². The van der Waals surface area contributed by atoms with Gasteiger partial charge in [-0.2, -0.15) is 0 Å². The molecule has 0 amide bonds. The smallest absolute Gasteiger partial charge is 0.174 e. The van der Waals surface area contributed by atoms with Crippen LogP contribution in [0, 0.1) is 5.92 Å². The highest BCUT2D eigenvalue weighted by Crippen LogP contribution is 2.30. The van der Waals surface area contributed by atoms with E-state index in [4.69, 9.17) is 14.8 Å². The van der Waals surface area contributed by atoms with Crippen molar-refractivity contribution >= 4 is 16.7 Å². The number of aliphatic hydroxyl groups is 1. The Bertz CT molecular complexity index is 958. The molecule has 1 atom stereocenters. The van der Waals surface area contributed by atoms with Crippen molar-refractivity contribution in [3.8, 4) is 17.0 Å². The Morgan fingerprint density at radius 1 is 1.14 bits per heavy atom. The number of Topliss-reactive ketones (excluding diaryl/α,β-unsaturated/α-hetero) is 1. The van der Waals surface area contributed by atoms with Crippen molar-refractivity contribution in [2.75, 3.05) is 32.8 Å². The van der Waals surface area contributed by atoms with E-state index in [1.807, 2.05) is 60.7 Å². The second kappa shape index (κ2) is 8.50. The standard InChI is InChI=1S/C23H24N2O3/c26-13-12-25-11-10-18(15-25)22(27)16-28-23-14-21(17-6-2-1-3-7-17)24-20-9-5-4-8-19(20)23/h1-9,14,18,26H,10-13,15-16H2/t18-/m1/s1. The number of fused-ring (bicyclic) bond motifs is 1. The Labute approximate surface area is 164 Å². The van der Waals surface area contributed by atoms with Crippen molar-refractivity contribution in [2.24, 2.45) is 5.92 Å². The molecule has 0 saturated carbocycles. The molecule has 0 spiro atoms. The number of pyridine rings is 1. The predicted octanol–water partition coefficient (Wildman–Crippen LogP) is 3.16. The lowest BCUT2D eigenvalue weighted by molar-refractivity contribution is -0.124. The number of aliphatic hydroxyl groups excluding tert-OH is 1. The SMILES string of the molecule is O=C(COc1cc(-c2ccccc2)nc2ccccc12)[C@@H]1CCN(CCO)C1. The Balaban J connectivity index is 1.54. The average Bonchev–Trinajstić information content (AvgIpc) is 3.21. The van der Waals surface area contributed by atoms with Crippen LogP contribution in [-0.4, -0.2) is 53.6 Å². The number of nitrogens with zero attached hydrogens (tertiary/aromatic N) is 2. The van der Waals surface area contributed by atoms with E-state index in [0.717, 1.165) is 35.1 Å². The van der Waals surface area contributed by atoms with E-state index in [2.05, 4.69) is 4.90 Å². The summed E-state index contributed by atoms with van der Waals surface area (Å²) in [6, 6.07) is 19.7. The molecule has 5 heteroatoms. The molecule has 1 N–H and O–H groups in total. The first-order chi connectivity index (χ1) is 13.7. The Morgan fingerprint density at radius 2 is 1.93 bits per heavy atom. The molecule has 4 rings (SSSR count). The zero-order valence-corrected chi connectivity index (χ0v) is 15.8. The molecule has 5 nitrogen and oxygen atoms in total. The third-order valence-corrected chi connectivity index (χ3v) is 5.26. The molecule has 2 heterocycles. The molecule has 0 radical (unpaired) electrons. The van der Waals surface area contributed by atoms with Gasteiger partial charge in [0.15, 0.2) is 5.78 Å². The maximum absolute atomic E-state index is 12.6. The van der Waals surface area contributed by atoms with E-state index in [9.17, 15) is 4.79 Å². The summed E-state index contributed by atoms with van der Waals surface area (Å²) in [7, 11) is 0. The molecule has 0 bridgehead atoms. The number of aromatic nitrogens is 1. The van der Waals surface area contributed by atoms with Crippen molar-refractivity contribution in [2.45, 2.75) is 6.42 Å². The van der Waals surface area contributed by atoms with Crippen molar-refractivity contribution in [3.63, 3.8) is 0 Å². The highest BCUT2D eigenvalue weighted by Gasteiger charge is 2.28. The number of rotatable bonds is 7. The van der Waals surface area contributed by atoms with E-state index in [1.165, 1.54) is 0 Å². The average molecular weight is 376 g/mol. The molecular weight excluding hydrogens is 352 g/mol. The highest BCUT2D eigenvalue weighted by atomic mass is 16.5. The number of carbonyl (C=O) groups is 1. The summed E-state index contributed by atoms with van der Waals surface area (Å²) in [6.45, 7) is 2.37. The number of para-hydroxylation sites is 1. The van der Waals surface area contributed by atoms with Gasteiger partial charge < -0.3 is 14.7 Å². The van der Waals surface area contributed by atoms with Gasteiger partial charge in [0, 0.05) is 36.0 Å². The second-order valence-corrected chi connectivity index (χ2v) is 7.15. The fourth-order valence-corrected chi connectivity index (χ4v) is 3.73. The largest absolute Gasteiger partial charge is 0.485 e. The minimum absolute atomic E-state index is 0.0201. The van der Waals surface area contributed by atoms with E-state index in [1.54, 1.807) is 0 Å². The molecule has 1 fully saturated rings. The zero-order chi connectivity index (χ0) is 19.3. The minimum atomic E-state index is -0.0201. The molecular formula is C23H24N2O3. The van der Waals surface area contributed by atoms with Crippen molar-refractivity contribution in [1.82, 2.24) is 9.88 Å². The Kier molecular flexibility index (Phi) is 5.65. The quantitative estimate of drug-likeness (QED) is 0.686. The third-order valence-electron chi connectivity index (χ3n) is 5.26. The molecule has 1 aliphatic heterocycles. The maximum Gasteiger partial charge on any atom is 0.174 e. The number of hydrogen-bond donors (Lipinski definition) is 1. The lowest BCUT2D eigenvalue weighted by Gasteiger charge is -2.15. The summed E-state index contributed by atoms with van der Waals surface area (Å²) in [5.74, 6) is 0.777. The Morgan fingerprint density at radius 3 is 2.75 bits per heavy atom. The van der Waals surface area contributed by atoms with Crippen LogP contribution in [0.2, 0.25) is 0 Å². The summed E-state index contributed by atoms with van der Waals surface area (Å²) in [5, 5.41) is 9.97. The van der Waals surface area contributed by atoms with Crippen LogP contribution < -0.4 is 4.74 Å². The van der Waals surface area contributed by atoms with E-state index in [-0.39, 0.29) is 24.9 Å². The van der Waals surface area contributed by atoms with Gasteiger partial charge in [0.05, 0.1) is 17.8 Å². The van der Waals surface area contributed by atoms with Crippen molar-refractivity contribution < 1.29 is 14.6 Å².